The monoisotopic (exact) mass is 486 g/mol. The molecule has 1 aliphatic heterocycles. The molecule has 180 valence electrons. The van der Waals surface area contributed by atoms with Gasteiger partial charge in [0.1, 0.15) is 5.82 Å². The number of aromatic nitrogens is 1. The maximum absolute atomic E-state index is 12.8. The Morgan fingerprint density at radius 2 is 1.82 bits per heavy atom. The smallest absolute Gasteiger partial charge is 0.417 e. The highest BCUT2D eigenvalue weighted by Crippen LogP contribution is 2.33. The van der Waals surface area contributed by atoms with Crippen molar-refractivity contribution in [2.45, 2.75) is 12.6 Å². The summed E-state index contributed by atoms with van der Waals surface area (Å²) in [5, 5.41) is 2.87. The van der Waals surface area contributed by atoms with Crippen molar-refractivity contribution in [2.75, 3.05) is 58.4 Å². The first kappa shape index (κ1) is 24.9. The van der Waals surface area contributed by atoms with E-state index < -0.39 is 11.7 Å². The van der Waals surface area contributed by atoms with Crippen LogP contribution in [0.3, 0.4) is 0 Å². The van der Waals surface area contributed by atoms with Gasteiger partial charge in [0.15, 0.2) is 11.5 Å². The quantitative estimate of drug-likeness (QED) is 0.618. The van der Waals surface area contributed by atoms with Gasteiger partial charge in [-0.3, -0.25) is 9.69 Å². The number of hydrogen-bond donors (Lipinski definition) is 1. The van der Waals surface area contributed by atoms with Crippen molar-refractivity contribution in [1.82, 2.24) is 15.2 Å². The van der Waals surface area contributed by atoms with Crippen molar-refractivity contribution in [3.8, 4) is 11.5 Å². The lowest BCUT2D eigenvalue weighted by atomic mass is 10.1. The molecular formula is C22H26ClF3N4O3. The van der Waals surface area contributed by atoms with Gasteiger partial charge in [-0.1, -0.05) is 17.7 Å². The lowest BCUT2D eigenvalue weighted by molar-refractivity contribution is -0.137. The number of benzene rings is 1. The van der Waals surface area contributed by atoms with Crippen LogP contribution in [0.15, 0.2) is 30.5 Å². The van der Waals surface area contributed by atoms with E-state index in [1.54, 1.807) is 14.2 Å². The van der Waals surface area contributed by atoms with Crippen LogP contribution in [0.1, 0.15) is 11.1 Å². The third-order valence-electron chi connectivity index (χ3n) is 5.37. The zero-order chi connectivity index (χ0) is 24.0. The fourth-order valence-corrected chi connectivity index (χ4v) is 3.86. The minimum atomic E-state index is -4.49. The Bertz CT molecular complexity index is 966. The van der Waals surface area contributed by atoms with Gasteiger partial charge in [0.25, 0.3) is 0 Å². The molecule has 0 unspecified atom stereocenters. The van der Waals surface area contributed by atoms with E-state index in [0.29, 0.717) is 56.5 Å². The van der Waals surface area contributed by atoms with E-state index in [0.717, 1.165) is 17.8 Å². The standard InChI is InChI=1S/C22H26ClF3N4O3/c1-32-18-4-3-15(11-19(18)33-2)5-6-27-20(31)14-29-7-9-30(10-8-29)21-17(23)12-16(13-28-21)22(24,25)26/h3-4,11-13H,5-10,14H2,1-2H3,(H,27,31). The molecule has 1 aromatic carbocycles. The molecule has 0 spiro atoms. The van der Waals surface area contributed by atoms with Crippen LogP contribution in [0, 0.1) is 0 Å². The fourth-order valence-electron chi connectivity index (χ4n) is 3.58. The normalized spacial score (nSPS) is 14.8. The Hall–Kier alpha value is -2.72. The molecular weight excluding hydrogens is 461 g/mol. The second-order valence-corrected chi connectivity index (χ2v) is 7.99. The summed E-state index contributed by atoms with van der Waals surface area (Å²) in [7, 11) is 3.15. The van der Waals surface area contributed by atoms with E-state index in [4.69, 9.17) is 21.1 Å². The van der Waals surface area contributed by atoms with E-state index in [-0.39, 0.29) is 17.5 Å². The van der Waals surface area contributed by atoms with Gasteiger partial charge in [-0.25, -0.2) is 4.98 Å². The summed E-state index contributed by atoms with van der Waals surface area (Å²) in [4.78, 5) is 20.0. The summed E-state index contributed by atoms with van der Waals surface area (Å²) in [5.74, 6) is 1.53. The van der Waals surface area contributed by atoms with Gasteiger partial charge in [0.05, 0.1) is 31.4 Å². The van der Waals surface area contributed by atoms with Crippen LogP contribution in [-0.2, 0) is 17.4 Å². The molecule has 1 aliphatic rings. The molecule has 0 bridgehead atoms. The van der Waals surface area contributed by atoms with Crippen molar-refractivity contribution in [2.24, 2.45) is 0 Å². The summed E-state index contributed by atoms with van der Waals surface area (Å²) in [6.07, 6.45) is -3.04. The molecule has 7 nitrogen and oxygen atoms in total. The number of halogens is 4. The van der Waals surface area contributed by atoms with Crippen LogP contribution in [0.2, 0.25) is 5.02 Å². The van der Waals surface area contributed by atoms with E-state index in [2.05, 4.69) is 10.3 Å². The Morgan fingerprint density at radius 1 is 1.12 bits per heavy atom. The number of piperazine rings is 1. The fraction of sp³-hybridized carbons (Fsp3) is 0.455. The molecule has 1 saturated heterocycles. The van der Waals surface area contributed by atoms with Gasteiger partial charge < -0.3 is 19.7 Å². The van der Waals surface area contributed by atoms with Gasteiger partial charge in [-0.05, 0) is 30.2 Å². The average Bonchev–Trinajstić information content (AvgIpc) is 2.79. The highest BCUT2D eigenvalue weighted by atomic mass is 35.5. The van der Waals surface area contributed by atoms with Crippen LogP contribution < -0.4 is 19.7 Å². The predicted octanol–water partition coefficient (Wildman–Crippen LogP) is 3.25. The van der Waals surface area contributed by atoms with Crippen molar-refractivity contribution in [3.05, 3.63) is 46.6 Å². The number of alkyl halides is 3. The molecule has 3 rings (SSSR count). The van der Waals surface area contributed by atoms with Crippen LogP contribution >= 0.6 is 11.6 Å². The summed E-state index contributed by atoms with van der Waals surface area (Å²) in [6.45, 7) is 2.89. The lowest BCUT2D eigenvalue weighted by Crippen LogP contribution is -2.50. The number of methoxy groups -OCH3 is 2. The number of carbonyl (C=O) groups is 1. The largest absolute Gasteiger partial charge is 0.493 e. The molecule has 1 fully saturated rings. The van der Waals surface area contributed by atoms with Crippen molar-refractivity contribution >= 4 is 23.3 Å². The molecule has 0 radical (unpaired) electrons. The summed E-state index contributed by atoms with van der Waals surface area (Å²) < 4.78 is 48.9. The van der Waals surface area contributed by atoms with Crippen molar-refractivity contribution in [3.63, 3.8) is 0 Å². The first-order chi connectivity index (χ1) is 15.7. The number of ether oxygens (including phenoxy) is 2. The van der Waals surface area contributed by atoms with Gasteiger partial charge in [-0.15, -0.1) is 0 Å². The van der Waals surface area contributed by atoms with Crippen LogP contribution in [0.25, 0.3) is 0 Å². The zero-order valence-electron chi connectivity index (χ0n) is 18.4. The van der Waals surface area contributed by atoms with Crippen LogP contribution in [0.5, 0.6) is 11.5 Å². The number of amides is 1. The van der Waals surface area contributed by atoms with Crippen LogP contribution in [0.4, 0.5) is 19.0 Å². The molecule has 1 N–H and O–H groups in total. The minimum absolute atomic E-state index is 0.0359. The molecule has 11 heteroatoms. The van der Waals surface area contributed by atoms with Gasteiger partial charge in [-0.2, -0.15) is 13.2 Å². The van der Waals surface area contributed by atoms with Crippen molar-refractivity contribution in [1.29, 1.82) is 0 Å². The maximum atomic E-state index is 12.8. The molecule has 2 aromatic rings. The minimum Gasteiger partial charge on any atom is -0.493 e. The first-order valence-electron chi connectivity index (χ1n) is 10.4. The Kier molecular flexibility index (Phi) is 8.25. The average molecular weight is 487 g/mol. The number of hydrogen-bond acceptors (Lipinski definition) is 6. The summed E-state index contributed by atoms with van der Waals surface area (Å²) in [6, 6.07) is 6.52. The lowest BCUT2D eigenvalue weighted by Gasteiger charge is -2.35. The Labute approximate surface area is 195 Å². The predicted molar refractivity (Wildman–Crippen MR) is 119 cm³/mol. The van der Waals surface area contributed by atoms with Gasteiger partial charge >= 0.3 is 6.18 Å². The molecule has 0 aliphatic carbocycles. The Morgan fingerprint density at radius 3 is 2.42 bits per heavy atom. The molecule has 0 atom stereocenters. The van der Waals surface area contributed by atoms with E-state index in [9.17, 15) is 18.0 Å². The molecule has 33 heavy (non-hydrogen) atoms. The van der Waals surface area contributed by atoms with Crippen molar-refractivity contribution < 1.29 is 27.4 Å². The van der Waals surface area contributed by atoms with E-state index in [1.165, 1.54) is 0 Å². The maximum Gasteiger partial charge on any atom is 0.417 e. The third kappa shape index (κ3) is 6.64. The van der Waals surface area contributed by atoms with E-state index in [1.807, 2.05) is 28.0 Å². The number of carbonyl (C=O) groups excluding carboxylic acids is 1. The third-order valence-corrected chi connectivity index (χ3v) is 5.65. The SMILES string of the molecule is COc1ccc(CCNC(=O)CN2CCN(c3ncc(C(F)(F)F)cc3Cl)CC2)cc1OC. The van der Waals surface area contributed by atoms with Crippen LogP contribution in [-0.4, -0.2) is 69.3 Å². The highest BCUT2D eigenvalue weighted by Gasteiger charge is 2.32. The second kappa shape index (κ2) is 10.9. The highest BCUT2D eigenvalue weighted by molar-refractivity contribution is 6.33. The zero-order valence-corrected chi connectivity index (χ0v) is 19.2. The number of nitrogens with one attached hydrogen (secondary N) is 1. The van der Waals surface area contributed by atoms with Gasteiger partial charge in [0.2, 0.25) is 5.91 Å². The van der Waals surface area contributed by atoms with Gasteiger partial charge in [0, 0.05) is 38.9 Å². The Balaban J connectivity index is 1.43. The summed E-state index contributed by atoms with van der Waals surface area (Å²) in [5.41, 5.74) is 0.141. The first-order valence-corrected chi connectivity index (χ1v) is 10.8. The number of pyridine rings is 1. The number of anilines is 1. The molecule has 2 heterocycles. The topological polar surface area (TPSA) is 66.9 Å². The molecule has 1 aromatic heterocycles. The number of rotatable bonds is 8. The second-order valence-electron chi connectivity index (χ2n) is 7.58. The molecule has 1 amide bonds. The van der Waals surface area contributed by atoms with E-state index >= 15 is 0 Å². The summed E-state index contributed by atoms with van der Waals surface area (Å²) >= 11 is 6.04. The number of nitrogens with zero attached hydrogens (tertiary/aromatic N) is 3. The molecule has 0 saturated carbocycles.